The maximum Gasteiger partial charge on any atom is 0.251 e. The first-order valence-corrected chi connectivity index (χ1v) is 7.38. The molecule has 0 fully saturated rings. The molecule has 22 heavy (non-hydrogen) atoms. The van der Waals surface area contributed by atoms with Gasteiger partial charge in [0.15, 0.2) is 0 Å². The Balaban J connectivity index is 1.70. The minimum atomic E-state index is -0.338. The van der Waals surface area contributed by atoms with E-state index in [9.17, 15) is 9.18 Å². The van der Waals surface area contributed by atoms with Crippen LogP contribution in [0.25, 0.3) is 0 Å². The molecule has 0 aromatic heterocycles. The number of ether oxygens (including phenoxy) is 1. The Morgan fingerprint density at radius 2 is 2.00 bits per heavy atom. The molecule has 0 radical (unpaired) electrons. The lowest BCUT2D eigenvalue weighted by Gasteiger charge is -2.26. The third kappa shape index (κ3) is 2.96. The van der Waals surface area contributed by atoms with Crippen molar-refractivity contribution in [1.82, 2.24) is 5.32 Å². The molecule has 0 bridgehead atoms. The molecule has 0 unspecified atom stereocenters. The average Bonchev–Trinajstić information content (AvgIpc) is 2.54. The molecule has 114 valence electrons. The molecule has 1 amide bonds. The van der Waals surface area contributed by atoms with E-state index in [-0.39, 0.29) is 17.8 Å². The van der Waals surface area contributed by atoms with Gasteiger partial charge in [-0.05, 0) is 60.7 Å². The van der Waals surface area contributed by atoms with Crippen LogP contribution in [0.15, 0.2) is 42.5 Å². The first-order valence-electron chi connectivity index (χ1n) is 7.38. The number of benzene rings is 2. The third-order valence-electron chi connectivity index (χ3n) is 4.10. The Hall–Kier alpha value is -2.36. The van der Waals surface area contributed by atoms with Gasteiger partial charge in [-0.2, -0.15) is 0 Å². The summed E-state index contributed by atoms with van der Waals surface area (Å²) in [5.74, 6) is 0.424. The molecule has 0 saturated carbocycles. The highest BCUT2D eigenvalue weighted by Gasteiger charge is 2.22. The van der Waals surface area contributed by atoms with E-state index in [0.29, 0.717) is 5.56 Å². The van der Waals surface area contributed by atoms with Gasteiger partial charge in [-0.3, -0.25) is 4.79 Å². The molecule has 1 atom stereocenters. The fraction of sp³-hybridized carbons (Fsp3) is 0.278. The van der Waals surface area contributed by atoms with Crippen molar-refractivity contribution in [1.29, 1.82) is 0 Å². The number of rotatable bonds is 3. The maximum absolute atomic E-state index is 12.9. The van der Waals surface area contributed by atoms with Gasteiger partial charge < -0.3 is 10.1 Å². The van der Waals surface area contributed by atoms with E-state index < -0.39 is 0 Å². The van der Waals surface area contributed by atoms with Crippen LogP contribution in [0.5, 0.6) is 5.75 Å². The maximum atomic E-state index is 12.9. The van der Waals surface area contributed by atoms with Gasteiger partial charge in [0, 0.05) is 11.6 Å². The van der Waals surface area contributed by atoms with Crippen molar-refractivity contribution < 1.29 is 13.9 Å². The Labute approximate surface area is 129 Å². The second kappa shape index (κ2) is 6.18. The molecule has 2 aromatic carbocycles. The van der Waals surface area contributed by atoms with Crippen LogP contribution in [0.1, 0.15) is 27.9 Å². The predicted molar refractivity (Wildman–Crippen MR) is 82.7 cm³/mol. The summed E-state index contributed by atoms with van der Waals surface area (Å²) in [7, 11) is 1.68. The monoisotopic (exact) mass is 299 g/mol. The normalized spacial score (nSPS) is 16.7. The molecular formula is C18H18FNO2. The minimum Gasteiger partial charge on any atom is -0.496 e. The van der Waals surface area contributed by atoms with Crippen molar-refractivity contribution in [3.05, 3.63) is 65.0 Å². The molecule has 1 N–H and O–H groups in total. The van der Waals surface area contributed by atoms with Gasteiger partial charge in [-0.1, -0.05) is 12.1 Å². The molecule has 2 aromatic rings. The molecule has 3 rings (SSSR count). The zero-order valence-electron chi connectivity index (χ0n) is 12.4. The predicted octanol–water partition coefficient (Wildman–Crippen LogP) is 3.12. The number of methoxy groups -OCH3 is 1. The molecule has 1 aliphatic carbocycles. The summed E-state index contributed by atoms with van der Waals surface area (Å²) in [6.45, 7) is 0. The summed E-state index contributed by atoms with van der Waals surface area (Å²) in [5, 5.41) is 3.03. The van der Waals surface area contributed by atoms with Gasteiger partial charge in [0.25, 0.3) is 5.91 Å². The van der Waals surface area contributed by atoms with Crippen LogP contribution in [-0.2, 0) is 12.8 Å². The van der Waals surface area contributed by atoms with E-state index in [1.165, 1.54) is 35.4 Å². The Morgan fingerprint density at radius 1 is 1.23 bits per heavy atom. The van der Waals surface area contributed by atoms with E-state index in [2.05, 4.69) is 11.4 Å². The zero-order valence-corrected chi connectivity index (χ0v) is 12.4. The molecule has 3 nitrogen and oxygen atoms in total. The number of halogens is 1. The Kier molecular flexibility index (Phi) is 4.09. The molecular weight excluding hydrogens is 281 g/mol. The van der Waals surface area contributed by atoms with Crippen molar-refractivity contribution in [2.75, 3.05) is 7.11 Å². The number of carbonyl (C=O) groups excluding carboxylic acids is 1. The lowest BCUT2D eigenvalue weighted by molar-refractivity contribution is 0.0933. The van der Waals surface area contributed by atoms with Crippen LogP contribution in [0, 0.1) is 5.82 Å². The lowest BCUT2D eigenvalue weighted by atomic mass is 9.87. The first kappa shape index (κ1) is 14.6. The number of fused-ring (bicyclic) bond motifs is 1. The summed E-state index contributed by atoms with van der Waals surface area (Å²) in [6, 6.07) is 11.7. The summed E-state index contributed by atoms with van der Waals surface area (Å²) in [6.07, 6.45) is 2.55. The van der Waals surface area contributed by atoms with Crippen molar-refractivity contribution in [3.8, 4) is 5.75 Å². The van der Waals surface area contributed by atoms with Crippen LogP contribution < -0.4 is 10.1 Å². The third-order valence-corrected chi connectivity index (χ3v) is 4.10. The average molecular weight is 299 g/mol. The van der Waals surface area contributed by atoms with E-state index in [1.807, 2.05) is 12.1 Å². The van der Waals surface area contributed by atoms with Crippen LogP contribution in [-0.4, -0.2) is 19.1 Å². The number of hydrogen-bond donors (Lipinski definition) is 1. The van der Waals surface area contributed by atoms with Crippen LogP contribution in [0.4, 0.5) is 4.39 Å². The van der Waals surface area contributed by atoms with Crippen LogP contribution >= 0.6 is 0 Å². The van der Waals surface area contributed by atoms with Crippen molar-refractivity contribution in [2.24, 2.45) is 0 Å². The fourth-order valence-corrected chi connectivity index (χ4v) is 2.96. The van der Waals surface area contributed by atoms with E-state index in [1.54, 1.807) is 7.11 Å². The number of nitrogens with one attached hydrogen (secondary N) is 1. The topological polar surface area (TPSA) is 38.3 Å². The number of amides is 1. The van der Waals surface area contributed by atoms with Gasteiger partial charge in [-0.25, -0.2) is 4.39 Å². The first-order chi connectivity index (χ1) is 10.7. The van der Waals surface area contributed by atoms with Gasteiger partial charge in [0.1, 0.15) is 11.6 Å². The van der Waals surface area contributed by atoms with Crippen molar-refractivity contribution in [2.45, 2.75) is 25.3 Å². The molecule has 1 aliphatic rings. The molecule has 0 aliphatic heterocycles. The summed E-state index contributed by atoms with van der Waals surface area (Å²) >= 11 is 0. The molecule has 0 heterocycles. The fourth-order valence-electron chi connectivity index (χ4n) is 2.96. The van der Waals surface area contributed by atoms with E-state index in [4.69, 9.17) is 4.74 Å². The Morgan fingerprint density at radius 3 is 2.73 bits per heavy atom. The van der Waals surface area contributed by atoms with E-state index >= 15 is 0 Å². The highest BCUT2D eigenvalue weighted by molar-refractivity contribution is 5.94. The highest BCUT2D eigenvalue weighted by atomic mass is 19.1. The quantitative estimate of drug-likeness (QED) is 0.945. The number of hydrogen-bond acceptors (Lipinski definition) is 2. The Bertz CT molecular complexity index is 682. The minimum absolute atomic E-state index is 0.0946. The standard InChI is InChI=1S/C18H18FNO2/c1-22-17-4-2-3-13-11-15(9-10-16(13)17)20-18(21)12-5-7-14(19)8-6-12/h2-8,15H,9-11H2,1H3,(H,20,21)/t15-/m0/s1. The largest absolute Gasteiger partial charge is 0.496 e. The van der Waals surface area contributed by atoms with Crippen LogP contribution in [0.3, 0.4) is 0 Å². The zero-order chi connectivity index (χ0) is 15.5. The molecule has 0 spiro atoms. The van der Waals surface area contributed by atoms with Crippen LogP contribution in [0.2, 0.25) is 0 Å². The summed E-state index contributed by atoms with van der Waals surface area (Å²) < 4.78 is 18.3. The smallest absolute Gasteiger partial charge is 0.251 e. The molecule has 4 heteroatoms. The summed E-state index contributed by atoms with van der Waals surface area (Å²) in [5.41, 5.74) is 2.94. The lowest BCUT2D eigenvalue weighted by Crippen LogP contribution is -2.38. The van der Waals surface area contributed by atoms with Crippen molar-refractivity contribution >= 4 is 5.91 Å². The summed E-state index contributed by atoms with van der Waals surface area (Å²) in [4.78, 5) is 12.2. The van der Waals surface area contributed by atoms with Gasteiger partial charge in [0.2, 0.25) is 0 Å². The number of carbonyl (C=O) groups is 1. The van der Waals surface area contributed by atoms with E-state index in [0.717, 1.165) is 25.0 Å². The van der Waals surface area contributed by atoms with Gasteiger partial charge >= 0.3 is 0 Å². The second-order valence-electron chi connectivity index (χ2n) is 5.52. The molecule has 0 saturated heterocycles. The van der Waals surface area contributed by atoms with Gasteiger partial charge in [0.05, 0.1) is 7.11 Å². The highest BCUT2D eigenvalue weighted by Crippen LogP contribution is 2.29. The SMILES string of the molecule is COc1cccc2c1CC[C@H](NC(=O)c1ccc(F)cc1)C2. The van der Waals surface area contributed by atoms with Crippen molar-refractivity contribution in [3.63, 3.8) is 0 Å². The van der Waals surface area contributed by atoms with Gasteiger partial charge in [-0.15, -0.1) is 0 Å². The second-order valence-corrected chi connectivity index (χ2v) is 5.52.